The smallest absolute Gasteiger partial charge is 0.416 e. The standard InChI is InChI=1S/C25H27F5N2O4S/c1-5-24(6-2)13-16(18-8-7-17(25(28,29)30)12-21(18)36-24)11-22(33)31-14(3)15-9-19(26)23(20(27)10-15)32-37(4,34)35/h7-12,14,32H,5-6,13H2,1-4H3,(H,31,33)/b16-11+/t14-/m1/s1. The Morgan fingerprint density at radius 3 is 2.24 bits per heavy atom. The third kappa shape index (κ3) is 6.60. The Hall–Kier alpha value is -3.15. The Morgan fingerprint density at radius 2 is 1.73 bits per heavy atom. The molecule has 3 rings (SSSR count). The first-order valence-corrected chi connectivity index (χ1v) is 13.3. The molecule has 0 spiro atoms. The summed E-state index contributed by atoms with van der Waals surface area (Å²) >= 11 is 0. The molecule has 0 aliphatic carbocycles. The number of hydrogen-bond donors (Lipinski definition) is 2. The lowest BCUT2D eigenvalue weighted by Crippen LogP contribution is -2.38. The molecular weight excluding hydrogens is 519 g/mol. The van der Waals surface area contributed by atoms with Gasteiger partial charge in [-0.15, -0.1) is 0 Å². The van der Waals surface area contributed by atoms with E-state index in [0.717, 1.165) is 30.5 Å². The van der Waals surface area contributed by atoms with Crippen LogP contribution in [-0.4, -0.2) is 26.2 Å². The topological polar surface area (TPSA) is 84.5 Å². The second kappa shape index (κ2) is 10.3. The van der Waals surface area contributed by atoms with Crippen molar-refractivity contribution in [3.05, 3.63) is 64.7 Å². The fourth-order valence-corrected chi connectivity index (χ4v) is 4.72. The van der Waals surface area contributed by atoms with E-state index >= 15 is 0 Å². The summed E-state index contributed by atoms with van der Waals surface area (Å²) in [5.41, 5.74) is -1.65. The van der Waals surface area contributed by atoms with Gasteiger partial charge in [0.15, 0.2) is 11.6 Å². The Balaban J connectivity index is 1.91. The third-order valence-corrected chi connectivity index (χ3v) is 6.87. The molecule has 1 aliphatic rings. The molecule has 1 aliphatic heterocycles. The molecule has 0 radical (unpaired) electrons. The number of amides is 1. The van der Waals surface area contributed by atoms with Gasteiger partial charge in [0, 0.05) is 18.1 Å². The van der Waals surface area contributed by atoms with Crippen LogP contribution in [0.4, 0.5) is 27.6 Å². The molecule has 2 N–H and O–H groups in total. The molecule has 2 aromatic rings. The highest BCUT2D eigenvalue weighted by Gasteiger charge is 2.38. The maximum Gasteiger partial charge on any atom is 0.416 e. The lowest BCUT2D eigenvalue weighted by atomic mass is 9.82. The summed E-state index contributed by atoms with van der Waals surface area (Å²) in [4.78, 5) is 12.9. The van der Waals surface area contributed by atoms with E-state index in [9.17, 15) is 35.2 Å². The van der Waals surface area contributed by atoms with Crippen molar-refractivity contribution in [2.45, 2.75) is 57.9 Å². The van der Waals surface area contributed by atoms with Gasteiger partial charge in [0.25, 0.3) is 0 Å². The zero-order valence-electron chi connectivity index (χ0n) is 20.6. The van der Waals surface area contributed by atoms with Gasteiger partial charge in [-0.25, -0.2) is 17.2 Å². The fourth-order valence-electron chi connectivity index (χ4n) is 4.16. The predicted molar refractivity (Wildman–Crippen MR) is 129 cm³/mol. The Bertz CT molecular complexity index is 1310. The van der Waals surface area contributed by atoms with Gasteiger partial charge in [0.1, 0.15) is 17.0 Å². The lowest BCUT2D eigenvalue weighted by Gasteiger charge is -2.39. The number of carbonyl (C=O) groups is 1. The van der Waals surface area contributed by atoms with E-state index in [1.807, 2.05) is 13.8 Å². The van der Waals surface area contributed by atoms with Crippen LogP contribution >= 0.6 is 0 Å². The number of hydrogen-bond acceptors (Lipinski definition) is 4. The zero-order chi connectivity index (χ0) is 27.8. The maximum absolute atomic E-state index is 14.4. The number of carbonyl (C=O) groups excluding carboxylic acids is 1. The molecule has 37 heavy (non-hydrogen) atoms. The van der Waals surface area contributed by atoms with Crippen LogP contribution in [0, 0.1) is 11.6 Å². The van der Waals surface area contributed by atoms with Crippen LogP contribution in [0.1, 0.15) is 62.8 Å². The normalized spacial score (nSPS) is 17.1. The quantitative estimate of drug-likeness (QED) is 0.332. The summed E-state index contributed by atoms with van der Waals surface area (Å²) in [6.45, 7) is 5.16. The van der Waals surface area contributed by atoms with E-state index in [2.05, 4.69) is 5.32 Å². The summed E-state index contributed by atoms with van der Waals surface area (Å²) in [6.07, 6.45) is -1.32. The van der Waals surface area contributed by atoms with Crippen molar-refractivity contribution in [3.63, 3.8) is 0 Å². The van der Waals surface area contributed by atoms with Gasteiger partial charge in [-0.3, -0.25) is 9.52 Å². The summed E-state index contributed by atoms with van der Waals surface area (Å²) in [7, 11) is -3.92. The van der Waals surface area contributed by atoms with Crippen molar-refractivity contribution < 1.29 is 39.9 Å². The first-order chi connectivity index (χ1) is 17.1. The van der Waals surface area contributed by atoms with Crippen molar-refractivity contribution >= 4 is 27.2 Å². The molecule has 0 aromatic heterocycles. The third-order valence-electron chi connectivity index (χ3n) is 6.30. The van der Waals surface area contributed by atoms with Crippen molar-refractivity contribution in [2.75, 3.05) is 11.0 Å². The molecule has 6 nitrogen and oxygen atoms in total. The molecule has 1 atom stereocenters. The molecule has 0 saturated heterocycles. The molecule has 12 heteroatoms. The maximum atomic E-state index is 14.4. The largest absolute Gasteiger partial charge is 0.486 e. The van der Waals surface area contributed by atoms with E-state index in [4.69, 9.17) is 4.74 Å². The highest BCUT2D eigenvalue weighted by molar-refractivity contribution is 7.92. The predicted octanol–water partition coefficient (Wildman–Crippen LogP) is 5.96. The summed E-state index contributed by atoms with van der Waals surface area (Å²) in [6, 6.07) is 4.01. The second-order valence-electron chi connectivity index (χ2n) is 9.01. The molecular formula is C25H27F5N2O4S. The van der Waals surface area contributed by atoms with Crippen LogP contribution in [0.3, 0.4) is 0 Å². The minimum absolute atomic E-state index is 0.0231. The van der Waals surface area contributed by atoms with Gasteiger partial charge in [-0.2, -0.15) is 13.2 Å². The van der Waals surface area contributed by atoms with Gasteiger partial charge in [0.2, 0.25) is 15.9 Å². The van der Waals surface area contributed by atoms with Crippen LogP contribution in [0.5, 0.6) is 5.75 Å². The first-order valence-electron chi connectivity index (χ1n) is 11.5. The van der Waals surface area contributed by atoms with E-state index < -0.39 is 56.6 Å². The summed E-state index contributed by atoms with van der Waals surface area (Å²) in [5.74, 6) is -2.92. The van der Waals surface area contributed by atoms with Crippen LogP contribution in [-0.2, 0) is 21.0 Å². The highest BCUT2D eigenvalue weighted by Crippen LogP contribution is 2.45. The van der Waals surface area contributed by atoms with Gasteiger partial charge in [-0.1, -0.05) is 19.9 Å². The fraction of sp³-hybridized carbons (Fsp3) is 0.400. The van der Waals surface area contributed by atoms with Crippen LogP contribution < -0.4 is 14.8 Å². The van der Waals surface area contributed by atoms with Crippen molar-refractivity contribution in [1.82, 2.24) is 5.32 Å². The van der Waals surface area contributed by atoms with E-state index in [1.165, 1.54) is 19.1 Å². The number of halogens is 5. The van der Waals surface area contributed by atoms with Gasteiger partial charge < -0.3 is 10.1 Å². The minimum Gasteiger partial charge on any atom is -0.486 e. The molecule has 0 fully saturated rings. The van der Waals surface area contributed by atoms with E-state index in [-0.39, 0.29) is 17.7 Å². The van der Waals surface area contributed by atoms with E-state index in [1.54, 1.807) is 4.72 Å². The molecule has 0 saturated carbocycles. The zero-order valence-corrected chi connectivity index (χ0v) is 21.4. The minimum atomic E-state index is -4.56. The Kier molecular flexibility index (Phi) is 7.92. The molecule has 2 aromatic carbocycles. The number of anilines is 1. The number of fused-ring (bicyclic) bond motifs is 1. The van der Waals surface area contributed by atoms with Gasteiger partial charge >= 0.3 is 6.18 Å². The molecule has 1 amide bonds. The second-order valence-corrected chi connectivity index (χ2v) is 10.8. The SMILES string of the molecule is CCC1(CC)C/C(=C\C(=O)N[C@H](C)c2cc(F)c(NS(C)(=O)=O)c(F)c2)c2ccc(C(F)(F)F)cc2O1. The molecule has 1 heterocycles. The number of nitrogens with one attached hydrogen (secondary N) is 2. The lowest BCUT2D eigenvalue weighted by molar-refractivity contribution is -0.137. The van der Waals surface area contributed by atoms with Crippen LogP contribution in [0.25, 0.3) is 5.57 Å². The number of ether oxygens (including phenoxy) is 1. The van der Waals surface area contributed by atoms with Crippen molar-refractivity contribution in [2.24, 2.45) is 0 Å². The van der Waals surface area contributed by atoms with Crippen LogP contribution in [0.2, 0.25) is 0 Å². The van der Waals surface area contributed by atoms with Gasteiger partial charge in [-0.05, 0) is 55.2 Å². The Labute approximate surface area is 212 Å². The number of alkyl halides is 3. The van der Waals surface area contributed by atoms with Crippen molar-refractivity contribution in [3.8, 4) is 5.75 Å². The average Bonchev–Trinajstić information content (AvgIpc) is 2.79. The monoisotopic (exact) mass is 546 g/mol. The number of rotatable bonds is 7. The van der Waals surface area contributed by atoms with E-state index in [0.29, 0.717) is 24.0 Å². The number of benzene rings is 2. The van der Waals surface area contributed by atoms with Crippen LogP contribution in [0.15, 0.2) is 36.4 Å². The summed E-state index contributed by atoms with van der Waals surface area (Å²) < 4.78 is 99.0. The Morgan fingerprint density at radius 1 is 1.14 bits per heavy atom. The van der Waals surface area contributed by atoms with Gasteiger partial charge in [0.05, 0.1) is 17.9 Å². The first kappa shape index (κ1) is 28.4. The average molecular weight is 547 g/mol. The highest BCUT2D eigenvalue weighted by atomic mass is 32.2. The molecule has 0 unspecified atom stereocenters. The summed E-state index contributed by atoms with van der Waals surface area (Å²) in [5, 5.41) is 2.59. The van der Waals surface area contributed by atoms with Crippen molar-refractivity contribution in [1.29, 1.82) is 0 Å². The molecule has 202 valence electrons. The molecule has 0 bridgehead atoms. The number of sulfonamides is 1.